The minimum atomic E-state index is -0.688. The Balaban J connectivity index is 1.92. The van der Waals surface area contributed by atoms with Crippen molar-refractivity contribution >= 4 is 11.4 Å². The van der Waals surface area contributed by atoms with E-state index in [0.29, 0.717) is 24.5 Å². The Morgan fingerprint density at radius 1 is 1.29 bits per heavy atom. The number of anilines is 1. The van der Waals surface area contributed by atoms with Crippen molar-refractivity contribution in [2.75, 3.05) is 18.0 Å². The van der Waals surface area contributed by atoms with E-state index in [2.05, 4.69) is 0 Å². The largest absolute Gasteiger partial charge is 0.484 e. The summed E-state index contributed by atoms with van der Waals surface area (Å²) in [5.74, 6) is 0.595. The first-order chi connectivity index (χ1) is 11.4. The van der Waals surface area contributed by atoms with E-state index >= 15 is 0 Å². The van der Waals surface area contributed by atoms with Crippen molar-refractivity contribution < 1.29 is 14.8 Å². The van der Waals surface area contributed by atoms with Gasteiger partial charge in [0.2, 0.25) is 0 Å². The molecule has 0 saturated heterocycles. The van der Waals surface area contributed by atoms with Crippen LogP contribution in [-0.4, -0.2) is 28.7 Å². The van der Waals surface area contributed by atoms with Crippen molar-refractivity contribution in [3.05, 3.63) is 64.2 Å². The lowest BCUT2D eigenvalue weighted by Crippen LogP contribution is -2.48. The SMILES string of the molecule is CC1(C)CN(CC(O)c2ccccc2)c2cc([N+](=O)[O-])ccc2O1. The standard InChI is InChI=1S/C18H20N2O4/c1-18(2)12-19(11-16(21)13-6-4-3-5-7-13)15-10-14(20(22)23)8-9-17(15)24-18/h3-10,16,21H,11-12H2,1-2H3. The lowest BCUT2D eigenvalue weighted by atomic mass is 10.0. The zero-order chi connectivity index (χ0) is 17.3. The van der Waals surface area contributed by atoms with Gasteiger partial charge in [-0.2, -0.15) is 0 Å². The van der Waals surface area contributed by atoms with Crippen molar-refractivity contribution in [1.82, 2.24) is 0 Å². The Morgan fingerprint density at radius 2 is 2.00 bits per heavy atom. The molecule has 126 valence electrons. The highest BCUT2D eigenvalue weighted by atomic mass is 16.6. The molecule has 0 bridgehead atoms. The average molecular weight is 328 g/mol. The first-order valence-corrected chi connectivity index (χ1v) is 7.81. The Hall–Kier alpha value is -2.60. The van der Waals surface area contributed by atoms with Crippen LogP contribution in [0.15, 0.2) is 48.5 Å². The number of benzene rings is 2. The van der Waals surface area contributed by atoms with Gasteiger partial charge in [0.15, 0.2) is 0 Å². The van der Waals surface area contributed by atoms with Crippen LogP contribution in [0.25, 0.3) is 0 Å². The molecule has 1 aliphatic heterocycles. The number of nitrogens with zero attached hydrogens (tertiary/aromatic N) is 2. The second-order valence-corrected chi connectivity index (χ2v) is 6.58. The van der Waals surface area contributed by atoms with E-state index in [4.69, 9.17) is 4.74 Å². The number of hydrogen-bond acceptors (Lipinski definition) is 5. The van der Waals surface area contributed by atoms with Gasteiger partial charge in [-0.05, 0) is 25.5 Å². The summed E-state index contributed by atoms with van der Waals surface area (Å²) in [6.45, 7) is 4.79. The molecule has 1 unspecified atom stereocenters. The number of aliphatic hydroxyl groups excluding tert-OH is 1. The summed E-state index contributed by atoms with van der Waals surface area (Å²) in [4.78, 5) is 12.6. The quantitative estimate of drug-likeness (QED) is 0.688. The van der Waals surface area contributed by atoms with Crippen LogP contribution in [0.3, 0.4) is 0 Å². The number of ether oxygens (including phenoxy) is 1. The molecular weight excluding hydrogens is 308 g/mol. The maximum Gasteiger partial charge on any atom is 0.271 e. The molecule has 2 aromatic carbocycles. The molecule has 1 N–H and O–H groups in total. The van der Waals surface area contributed by atoms with Gasteiger partial charge in [-0.1, -0.05) is 30.3 Å². The zero-order valence-corrected chi connectivity index (χ0v) is 13.7. The summed E-state index contributed by atoms with van der Waals surface area (Å²) in [5.41, 5.74) is 1.02. The molecule has 0 aromatic heterocycles. The molecule has 0 aliphatic carbocycles. The topological polar surface area (TPSA) is 75.8 Å². The second kappa shape index (κ2) is 6.13. The van der Waals surface area contributed by atoms with Gasteiger partial charge >= 0.3 is 0 Å². The third-order valence-corrected chi connectivity index (χ3v) is 4.03. The van der Waals surface area contributed by atoms with Crippen LogP contribution in [0.4, 0.5) is 11.4 Å². The maximum atomic E-state index is 11.1. The lowest BCUT2D eigenvalue weighted by Gasteiger charge is -2.41. The molecule has 3 rings (SSSR count). The molecule has 6 heteroatoms. The molecule has 24 heavy (non-hydrogen) atoms. The third-order valence-electron chi connectivity index (χ3n) is 4.03. The van der Waals surface area contributed by atoms with E-state index in [1.165, 1.54) is 12.1 Å². The van der Waals surface area contributed by atoms with Crippen molar-refractivity contribution in [3.8, 4) is 5.75 Å². The monoisotopic (exact) mass is 328 g/mol. The van der Waals surface area contributed by atoms with Crippen molar-refractivity contribution in [1.29, 1.82) is 0 Å². The summed E-state index contributed by atoms with van der Waals surface area (Å²) in [6, 6.07) is 13.9. The number of β-amino-alcohol motifs (C(OH)–C–C–N with tert-alkyl or cyclic N) is 1. The number of nitro benzene ring substituents is 1. The van der Waals surface area contributed by atoms with Crippen LogP contribution in [0.1, 0.15) is 25.5 Å². The highest BCUT2D eigenvalue weighted by Gasteiger charge is 2.33. The molecule has 0 spiro atoms. The summed E-state index contributed by atoms with van der Waals surface area (Å²) in [7, 11) is 0. The van der Waals surface area contributed by atoms with Crippen molar-refractivity contribution in [2.24, 2.45) is 0 Å². The maximum absolute atomic E-state index is 11.1. The minimum Gasteiger partial charge on any atom is -0.484 e. The minimum absolute atomic E-state index is 0.0104. The third kappa shape index (κ3) is 3.33. The molecule has 0 amide bonds. The van der Waals surface area contributed by atoms with Gasteiger partial charge in [0.05, 0.1) is 23.3 Å². The molecule has 0 radical (unpaired) electrons. The normalized spacial score (nSPS) is 16.9. The Bertz CT molecular complexity index is 746. The van der Waals surface area contributed by atoms with Gasteiger partial charge < -0.3 is 14.7 Å². The summed E-state index contributed by atoms with van der Waals surface area (Å²) < 4.78 is 5.93. The molecule has 0 saturated carbocycles. The van der Waals surface area contributed by atoms with E-state index in [1.54, 1.807) is 6.07 Å². The zero-order valence-electron chi connectivity index (χ0n) is 13.7. The van der Waals surface area contributed by atoms with Crippen LogP contribution in [0, 0.1) is 10.1 Å². The van der Waals surface area contributed by atoms with Crippen molar-refractivity contribution in [2.45, 2.75) is 25.6 Å². The lowest BCUT2D eigenvalue weighted by molar-refractivity contribution is -0.384. The summed E-state index contributed by atoms with van der Waals surface area (Å²) >= 11 is 0. The van der Waals surface area contributed by atoms with E-state index < -0.39 is 16.6 Å². The van der Waals surface area contributed by atoms with Gasteiger partial charge in [-0.15, -0.1) is 0 Å². The highest BCUT2D eigenvalue weighted by Crippen LogP contribution is 2.40. The number of rotatable bonds is 4. The predicted molar refractivity (Wildman–Crippen MR) is 91.4 cm³/mol. The molecule has 1 aliphatic rings. The molecular formula is C18H20N2O4. The molecule has 2 aromatic rings. The van der Waals surface area contributed by atoms with Gasteiger partial charge in [0.1, 0.15) is 11.4 Å². The first-order valence-electron chi connectivity index (χ1n) is 7.81. The number of non-ortho nitro benzene ring substituents is 1. The van der Waals surface area contributed by atoms with E-state index in [1.807, 2.05) is 49.1 Å². The van der Waals surface area contributed by atoms with Gasteiger partial charge in [-0.3, -0.25) is 10.1 Å². The average Bonchev–Trinajstić information content (AvgIpc) is 2.54. The van der Waals surface area contributed by atoms with Gasteiger partial charge in [0.25, 0.3) is 5.69 Å². The van der Waals surface area contributed by atoms with Crippen LogP contribution >= 0.6 is 0 Å². The fourth-order valence-electron chi connectivity index (χ4n) is 2.98. The second-order valence-electron chi connectivity index (χ2n) is 6.58. The van der Waals surface area contributed by atoms with Crippen LogP contribution in [-0.2, 0) is 0 Å². The number of nitro groups is 1. The van der Waals surface area contributed by atoms with Crippen LogP contribution in [0.5, 0.6) is 5.75 Å². The Kier molecular flexibility index (Phi) is 4.15. The fourth-order valence-corrected chi connectivity index (χ4v) is 2.98. The summed E-state index contributed by atoms with van der Waals surface area (Å²) in [6.07, 6.45) is -0.688. The van der Waals surface area contributed by atoms with Gasteiger partial charge in [0, 0.05) is 18.7 Å². The van der Waals surface area contributed by atoms with Crippen LogP contribution < -0.4 is 9.64 Å². The predicted octanol–water partition coefficient (Wildman–Crippen LogP) is 3.31. The van der Waals surface area contributed by atoms with E-state index in [-0.39, 0.29) is 5.69 Å². The highest BCUT2D eigenvalue weighted by molar-refractivity contribution is 5.65. The Morgan fingerprint density at radius 3 is 2.67 bits per heavy atom. The van der Waals surface area contributed by atoms with Crippen molar-refractivity contribution in [3.63, 3.8) is 0 Å². The smallest absolute Gasteiger partial charge is 0.271 e. The Labute approximate surface area is 140 Å². The van der Waals surface area contributed by atoms with E-state index in [0.717, 1.165) is 5.56 Å². The summed E-state index contributed by atoms with van der Waals surface area (Å²) in [5, 5.41) is 21.6. The number of hydrogen-bond donors (Lipinski definition) is 1. The number of aliphatic hydroxyl groups is 1. The molecule has 1 atom stereocenters. The molecule has 0 fully saturated rings. The van der Waals surface area contributed by atoms with Crippen LogP contribution in [0.2, 0.25) is 0 Å². The molecule has 6 nitrogen and oxygen atoms in total. The van der Waals surface area contributed by atoms with E-state index in [9.17, 15) is 15.2 Å². The first kappa shape index (κ1) is 16.3. The fraction of sp³-hybridized carbons (Fsp3) is 0.333. The molecule has 1 heterocycles. The number of fused-ring (bicyclic) bond motifs is 1. The van der Waals surface area contributed by atoms with Gasteiger partial charge in [-0.25, -0.2) is 0 Å².